The number of rotatable bonds is 9. The Kier molecular flexibility index (Phi) is 9.54. The summed E-state index contributed by atoms with van der Waals surface area (Å²) in [6.45, 7) is 11.7. The van der Waals surface area contributed by atoms with Crippen LogP contribution in [0.25, 0.3) is 0 Å². The van der Waals surface area contributed by atoms with E-state index in [1.54, 1.807) is 7.11 Å². The van der Waals surface area contributed by atoms with Crippen molar-refractivity contribution in [2.75, 3.05) is 33.5 Å². The molecule has 120 valence electrons. The number of methoxy groups -OCH3 is 1. The van der Waals surface area contributed by atoms with E-state index < -0.39 is 11.7 Å². The highest BCUT2D eigenvalue weighted by atomic mass is 16.6. The van der Waals surface area contributed by atoms with Gasteiger partial charge >= 0.3 is 6.09 Å². The van der Waals surface area contributed by atoms with Crippen molar-refractivity contribution in [3.8, 4) is 0 Å². The van der Waals surface area contributed by atoms with Crippen LogP contribution >= 0.6 is 0 Å². The molecule has 6 heteroatoms. The second-order valence-corrected chi connectivity index (χ2v) is 5.97. The van der Waals surface area contributed by atoms with Crippen LogP contribution in [0.1, 0.15) is 34.6 Å². The van der Waals surface area contributed by atoms with Crippen LogP contribution in [0.3, 0.4) is 0 Å². The first-order valence-electron chi connectivity index (χ1n) is 7.04. The number of hydrogen-bond donors (Lipinski definition) is 2. The van der Waals surface area contributed by atoms with Gasteiger partial charge in [0.15, 0.2) is 0 Å². The normalized spacial score (nSPS) is 13.3. The lowest BCUT2D eigenvalue weighted by atomic mass is 10.2. The van der Waals surface area contributed by atoms with Gasteiger partial charge in [0.1, 0.15) is 5.60 Å². The van der Waals surface area contributed by atoms with Gasteiger partial charge in [-0.15, -0.1) is 0 Å². The Hall–Kier alpha value is -0.850. The number of nitrogens with one attached hydrogen (secondary N) is 2. The Labute approximate surface area is 122 Å². The van der Waals surface area contributed by atoms with Crippen LogP contribution in [0.5, 0.6) is 0 Å². The number of alkyl carbamates (subject to hydrolysis) is 1. The predicted molar refractivity (Wildman–Crippen MR) is 79.0 cm³/mol. The fourth-order valence-corrected chi connectivity index (χ4v) is 1.53. The van der Waals surface area contributed by atoms with Crippen LogP contribution in [0, 0.1) is 0 Å². The molecule has 0 aromatic carbocycles. The third-order valence-corrected chi connectivity index (χ3v) is 2.21. The van der Waals surface area contributed by atoms with E-state index in [-0.39, 0.29) is 6.04 Å². The third-order valence-electron chi connectivity index (χ3n) is 2.21. The second kappa shape index (κ2) is 9.96. The number of amides is 1. The van der Waals surface area contributed by atoms with Crippen molar-refractivity contribution in [2.45, 2.75) is 52.3 Å². The summed E-state index contributed by atoms with van der Waals surface area (Å²) in [5.74, 6) is 0. The average Bonchev–Trinajstić information content (AvgIpc) is 2.28. The maximum Gasteiger partial charge on any atom is 0.407 e. The van der Waals surface area contributed by atoms with E-state index in [9.17, 15) is 4.79 Å². The van der Waals surface area contributed by atoms with E-state index in [0.717, 1.165) is 0 Å². The lowest BCUT2D eigenvalue weighted by Crippen LogP contribution is -2.47. The predicted octanol–water partition coefficient (Wildman–Crippen LogP) is 1.54. The van der Waals surface area contributed by atoms with Gasteiger partial charge in [-0.3, -0.25) is 0 Å². The Morgan fingerprint density at radius 1 is 1.20 bits per heavy atom. The van der Waals surface area contributed by atoms with Crippen molar-refractivity contribution in [1.29, 1.82) is 0 Å². The highest BCUT2D eigenvalue weighted by Crippen LogP contribution is 2.06. The van der Waals surface area contributed by atoms with E-state index in [4.69, 9.17) is 14.2 Å². The molecule has 0 saturated heterocycles. The van der Waals surface area contributed by atoms with E-state index in [0.29, 0.717) is 32.4 Å². The van der Waals surface area contributed by atoms with Crippen molar-refractivity contribution in [1.82, 2.24) is 10.6 Å². The molecule has 1 atom stereocenters. The van der Waals surface area contributed by atoms with Crippen molar-refractivity contribution < 1.29 is 19.0 Å². The minimum atomic E-state index is -0.486. The van der Waals surface area contributed by atoms with Gasteiger partial charge in [-0.25, -0.2) is 4.79 Å². The molecule has 6 nitrogen and oxygen atoms in total. The maximum atomic E-state index is 11.6. The summed E-state index contributed by atoms with van der Waals surface area (Å²) in [4.78, 5) is 11.6. The molecule has 0 rings (SSSR count). The van der Waals surface area contributed by atoms with Crippen LogP contribution in [0.2, 0.25) is 0 Å². The molecule has 0 radical (unpaired) electrons. The quantitative estimate of drug-likeness (QED) is 0.630. The zero-order valence-corrected chi connectivity index (χ0v) is 13.6. The molecule has 2 N–H and O–H groups in total. The van der Waals surface area contributed by atoms with E-state index in [2.05, 4.69) is 24.5 Å². The Morgan fingerprint density at radius 3 is 2.35 bits per heavy atom. The van der Waals surface area contributed by atoms with Gasteiger partial charge in [-0.1, -0.05) is 13.8 Å². The zero-order chi connectivity index (χ0) is 15.6. The molecule has 0 bridgehead atoms. The molecule has 0 aliphatic heterocycles. The van der Waals surface area contributed by atoms with Crippen molar-refractivity contribution in [3.05, 3.63) is 0 Å². The maximum absolute atomic E-state index is 11.6. The molecular weight excluding hydrogens is 260 g/mol. The van der Waals surface area contributed by atoms with Gasteiger partial charge in [0.05, 0.1) is 19.8 Å². The lowest BCUT2D eigenvalue weighted by molar-refractivity contribution is 0.0458. The fraction of sp³-hybridized carbons (Fsp3) is 0.929. The first-order chi connectivity index (χ1) is 9.24. The molecule has 0 unspecified atom stereocenters. The van der Waals surface area contributed by atoms with Crippen molar-refractivity contribution in [2.24, 2.45) is 0 Å². The molecule has 1 amide bonds. The summed E-state index contributed by atoms with van der Waals surface area (Å²) in [6.07, 6.45) is -0.412. The SMILES string of the molecule is COCCOC[C@@H](CNC(=O)OC(C)(C)C)NC(C)C. The van der Waals surface area contributed by atoms with Crippen LogP contribution in [0.4, 0.5) is 4.79 Å². The minimum Gasteiger partial charge on any atom is -0.444 e. The summed E-state index contributed by atoms with van der Waals surface area (Å²) in [7, 11) is 1.64. The van der Waals surface area contributed by atoms with E-state index >= 15 is 0 Å². The summed E-state index contributed by atoms with van der Waals surface area (Å²) in [6, 6.07) is 0.353. The summed E-state index contributed by atoms with van der Waals surface area (Å²) in [5, 5.41) is 6.09. The second-order valence-electron chi connectivity index (χ2n) is 5.97. The minimum absolute atomic E-state index is 0.0411. The van der Waals surface area contributed by atoms with Crippen LogP contribution in [0.15, 0.2) is 0 Å². The molecule has 0 aromatic heterocycles. The largest absolute Gasteiger partial charge is 0.444 e. The molecule has 0 heterocycles. The van der Waals surface area contributed by atoms with Gasteiger partial charge in [0.2, 0.25) is 0 Å². The number of hydrogen-bond acceptors (Lipinski definition) is 5. The van der Waals surface area contributed by atoms with Gasteiger partial charge < -0.3 is 24.8 Å². The van der Waals surface area contributed by atoms with Gasteiger partial charge in [0, 0.05) is 25.7 Å². The zero-order valence-electron chi connectivity index (χ0n) is 13.6. The topological polar surface area (TPSA) is 68.8 Å². The average molecular weight is 290 g/mol. The summed E-state index contributed by atoms with van der Waals surface area (Å²) >= 11 is 0. The third kappa shape index (κ3) is 12.2. The molecule has 0 saturated carbocycles. The Balaban J connectivity index is 4.05. The molecular formula is C14H30N2O4. The molecule has 20 heavy (non-hydrogen) atoms. The number of carbonyl (C=O) groups excluding carboxylic acids is 1. The summed E-state index contributed by atoms with van der Waals surface area (Å²) in [5.41, 5.74) is -0.486. The fourth-order valence-electron chi connectivity index (χ4n) is 1.53. The highest BCUT2D eigenvalue weighted by molar-refractivity contribution is 5.67. The van der Waals surface area contributed by atoms with E-state index in [1.807, 2.05) is 20.8 Å². The highest BCUT2D eigenvalue weighted by Gasteiger charge is 2.17. The van der Waals surface area contributed by atoms with Crippen molar-refractivity contribution >= 4 is 6.09 Å². The Morgan fingerprint density at radius 2 is 1.85 bits per heavy atom. The molecule has 0 fully saturated rings. The van der Waals surface area contributed by atoms with E-state index in [1.165, 1.54) is 0 Å². The first-order valence-corrected chi connectivity index (χ1v) is 7.04. The standard InChI is InChI=1S/C14H30N2O4/c1-11(2)16-12(10-19-8-7-18-6)9-15-13(17)20-14(3,4)5/h11-12,16H,7-10H2,1-6H3,(H,15,17)/t12-/m1/s1. The van der Waals surface area contributed by atoms with Gasteiger partial charge in [-0.05, 0) is 20.8 Å². The molecule has 0 aliphatic carbocycles. The van der Waals surface area contributed by atoms with Crippen LogP contribution in [-0.2, 0) is 14.2 Å². The molecule has 0 spiro atoms. The van der Waals surface area contributed by atoms with Gasteiger partial charge in [-0.2, -0.15) is 0 Å². The summed E-state index contributed by atoms with van der Waals surface area (Å²) < 4.78 is 15.6. The smallest absolute Gasteiger partial charge is 0.407 e. The molecule has 0 aliphatic rings. The number of carbonyl (C=O) groups is 1. The van der Waals surface area contributed by atoms with Crippen LogP contribution in [-0.4, -0.2) is 57.3 Å². The number of ether oxygens (including phenoxy) is 3. The molecule has 0 aromatic rings. The Bertz CT molecular complexity index is 264. The van der Waals surface area contributed by atoms with Gasteiger partial charge in [0.25, 0.3) is 0 Å². The first kappa shape index (κ1) is 19.1. The van der Waals surface area contributed by atoms with Crippen molar-refractivity contribution in [3.63, 3.8) is 0 Å². The lowest BCUT2D eigenvalue weighted by Gasteiger charge is -2.24. The monoisotopic (exact) mass is 290 g/mol. The van der Waals surface area contributed by atoms with Crippen LogP contribution < -0.4 is 10.6 Å².